The number of hydrogen-bond acceptors (Lipinski definition) is 6. The van der Waals surface area contributed by atoms with Crippen LogP contribution >= 0.6 is 0 Å². The fraction of sp³-hybridized carbons (Fsp3) is 0.316. The van der Waals surface area contributed by atoms with Crippen LogP contribution in [0.15, 0.2) is 95.9 Å². The molecule has 2 amide bonds. The standard InChI is InChI=1S/C38H45N3O6S/c1-26(2)39-38(43)34(22-30-14-9-8-10-15-30)40(24-31-16-12-11-13-29(31)5)37(42)25-41(32-20-27(3)19-28(4)21-32)48(44,45)33-17-18-35(46-6)36(23-33)47-7/h8-21,23,26,34H,22,24-25H2,1-7H3,(H,39,43)/t34-/m1/s1. The second kappa shape index (κ2) is 15.8. The molecule has 0 heterocycles. The van der Waals surface area contributed by atoms with E-state index in [4.69, 9.17) is 9.47 Å². The fourth-order valence-corrected chi connectivity index (χ4v) is 7.05. The van der Waals surface area contributed by atoms with Crippen molar-refractivity contribution in [3.63, 3.8) is 0 Å². The van der Waals surface area contributed by atoms with Crippen LogP contribution in [0.4, 0.5) is 5.69 Å². The van der Waals surface area contributed by atoms with E-state index >= 15 is 0 Å². The molecule has 10 heteroatoms. The van der Waals surface area contributed by atoms with E-state index in [1.165, 1.54) is 37.3 Å². The van der Waals surface area contributed by atoms with Gasteiger partial charge in [-0.25, -0.2) is 8.42 Å². The molecule has 254 valence electrons. The molecule has 48 heavy (non-hydrogen) atoms. The highest BCUT2D eigenvalue weighted by molar-refractivity contribution is 7.92. The third-order valence-electron chi connectivity index (χ3n) is 8.02. The largest absolute Gasteiger partial charge is 0.493 e. The van der Waals surface area contributed by atoms with E-state index < -0.39 is 28.5 Å². The summed E-state index contributed by atoms with van der Waals surface area (Å²) in [6.45, 7) is 8.97. The molecule has 0 spiro atoms. The van der Waals surface area contributed by atoms with E-state index in [-0.39, 0.29) is 35.6 Å². The first-order valence-corrected chi connectivity index (χ1v) is 17.3. The zero-order valence-corrected chi connectivity index (χ0v) is 29.5. The summed E-state index contributed by atoms with van der Waals surface area (Å²) >= 11 is 0. The van der Waals surface area contributed by atoms with Crippen LogP contribution in [0.2, 0.25) is 0 Å². The second-order valence-corrected chi connectivity index (χ2v) is 14.1. The molecule has 4 aromatic carbocycles. The van der Waals surface area contributed by atoms with Crippen molar-refractivity contribution >= 4 is 27.5 Å². The quantitative estimate of drug-likeness (QED) is 0.177. The Morgan fingerprint density at radius 2 is 1.42 bits per heavy atom. The molecule has 9 nitrogen and oxygen atoms in total. The molecule has 4 aromatic rings. The van der Waals surface area contributed by atoms with Gasteiger partial charge in [0, 0.05) is 25.1 Å². The number of benzene rings is 4. The molecular weight excluding hydrogens is 627 g/mol. The van der Waals surface area contributed by atoms with Crippen LogP contribution in [-0.4, -0.2) is 58.0 Å². The summed E-state index contributed by atoms with van der Waals surface area (Å²) < 4.78 is 40.9. The number of carbonyl (C=O) groups excluding carboxylic acids is 2. The number of sulfonamides is 1. The molecule has 0 saturated heterocycles. The minimum absolute atomic E-state index is 0.0732. The summed E-state index contributed by atoms with van der Waals surface area (Å²) in [7, 11) is -1.43. The van der Waals surface area contributed by atoms with Crippen molar-refractivity contribution in [2.24, 2.45) is 0 Å². The Morgan fingerprint density at radius 3 is 2.02 bits per heavy atom. The summed E-state index contributed by atoms with van der Waals surface area (Å²) in [4.78, 5) is 30.1. The molecule has 4 rings (SSSR count). The van der Waals surface area contributed by atoms with Crippen LogP contribution < -0.4 is 19.1 Å². The average Bonchev–Trinajstić information content (AvgIpc) is 3.05. The zero-order valence-electron chi connectivity index (χ0n) is 28.7. The Morgan fingerprint density at radius 1 is 0.792 bits per heavy atom. The van der Waals surface area contributed by atoms with E-state index in [0.717, 1.165) is 32.1 Å². The summed E-state index contributed by atoms with van der Waals surface area (Å²) in [5, 5.41) is 2.99. The van der Waals surface area contributed by atoms with Crippen molar-refractivity contribution in [3.05, 3.63) is 119 Å². The molecule has 0 aliphatic heterocycles. The van der Waals surface area contributed by atoms with Gasteiger partial charge in [-0.1, -0.05) is 60.7 Å². The number of nitrogens with one attached hydrogen (secondary N) is 1. The number of amides is 2. The van der Waals surface area contributed by atoms with Gasteiger partial charge in [0.15, 0.2) is 11.5 Å². The van der Waals surface area contributed by atoms with Gasteiger partial charge in [-0.15, -0.1) is 0 Å². The van der Waals surface area contributed by atoms with Gasteiger partial charge in [-0.2, -0.15) is 0 Å². The van der Waals surface area contributed by atoms with Gasteiger partial charge >= 0.3 is 0 Å². The molecule has 0 radical (unpaired) electrons. The normalized spacial score (nSPS) is 11.9. The molecule has 0 saturated carbocycles. The number of methoxy groups -OCH3 is 2. The lowest BCUT2D eigenvalue weighted by Crippen LogP contribution is -2.54. The smallest absolute Gasteiger partial charge is 0.264 e. The zero-order chi connectivity index (χ0) is 35.0. The molecule has 0 fully saturated rings. The molecular formula is C38H45N3O6S. The molecule has 0 aliphatic rings. The first-order chi connectivity index (χ1) is 22.8. The number of carbonyl (C=O) groups is 2. The number of ether oxygens (including phenoxy) is 2. The highest BCUT2D eigenvalue weighted by Crippen LogP contribution is 2.33. The number of rotatable bonds is 14. The summed E-state index contributed by atoms with van der Waals surface area (Å²) in [5.41, 5.74) is 4.66. The van der Waals surface area contributed by atoms with Crippen molar-refractivity contribution in [1.29, 1.82) is 0 Å². The average molecular weight is 672 g/mol. The monoisotopic (exact) mass is 671 g/mol. The lowest BCUT2D eigenvalue weighted by atomic mass is 10.0. The lowest BCUT2D eigenvalue weighted by Gasteiger charge is -2.34. The minimum atomic E-state index is -4.33. The highest BCUT2D eigenvalue weighted by atomic mass is 32.2. The first-order valence-electron chi connectivity index (χ1n) is 15.8. The van der Waals surface area contributed by atoms with Crippen molar-refractivity contribution in [1.82, 2.24) is 10.2 Å². The van der Waals surface area contributed by atoms with Gasteiger partial charge in [0.2, 0.25) is 11.8 Å². The van der Waals surface area contributed by atoms with Gasteiger partial charge in [0.05, 0.1) is 24.8 Å². The lowest BCUT2D eigenvalue weighted by molar-refractivity contribution is -0.140. The maximum atomic E-state index is 14.7. The van der Waals surface area contributed by atoms with Crippen molar-refractivity contribution in [3.8, 4) is 11.5 Å². The molecule has 0 aromatic heterocycles. The SMILES string of the molecule is COc1ccc(S(=O)(=O)N(CC(=O)N(Cc2ccccc2C)[C@H](Cc2ccccc2)C(=O)NC(C)C)c2cc(C)cc(C)c2)cc1OC. The van der Waals surface area contributed by atoms with Crippen LogP contribution in [0.25, 0.3) is 0 Å². The first kappa shape index (κ1) is 36.0. The maximum Gasteiger partial charge on any atom is 0.264 e. The van der Waals surface area contributed by atoms with E-state index in [0.29, 0.717) is 11.4 Å². The van der Waals surface area contributed by atoms with Crippen LogP contribution in [0.5, 0.6) is 11.5 Å². The predicted molar refractivity (Wildman–Crippen MR) is 189 cm³/mol. The van der Waals surface area contributed by atoms with Crippen molar-refractivity contribution in [2.45, 2.75) is 64.6 Å². The Balaban J connectivity index is 1.86. The van der Waals surface area contributed by atoms with E-state index in [1.54, 1.807) is 12.1 Å². The summed E-state index contributed by atoms with van der Waals surface area (Å²) in [5.74, 6) is -0.243. The number of nitrogens with zero attached hydrogens (tertiary/aromatic N) is 2. The van der Waals surface area contributed by atoms with Crippen molar-refractivity contribution in [2.75, 3.05) is 25.1 Å². The fourth-order valence-electron chi connectivity index (χ4n) is 5.63. The molecule has 0 bridgehead atoms. The van der Waals surface area contributed by atoms with E-state index in [9.17, 15) is 18.0 Å². The maximum absolute atomic E-state index is 14.7. The Hall–Kier alpha value is -4.83. The van der Waals surface area contributed by atoms with E-state index in [1.807, 2.05) is 95.3 Å². The van der Waals surface area contributed by atoms with Crippen LogP contribution in [-0.2, 0) is 32.6 Å². The number of aryl methyl sites for hydroxylation is 3. The van der Waals surface area contributed by atoms with Gasteiger partial charge < -0.3 is 19.7 Å². The van der Waals surface area contributed by atoms with Gasteiger partial charge in [-0.3, -0.25) is 13.9 Å². The number of anilines is 1. The summed E-state index contributed by atoms with van der Waals surface area (Å²) in [6.07, 6.45) is 0.239. The van der Waals surface area contributed by atoms with Crippen LogP contribution in [0.1, 0.15) is 41.7 Å². The third-order valence-corrected chi connectivity index (χ3v) is 9.79. The van der Waals surface area contributed by atoms with Crippen LogP contribution in [0.3, 0.4) is 0 Å². The Bertz CT molecular complexity index is 1820. The molecule has 1 atom stereocenters. The van der Waals surface area contributed by atoms with Crippen molar-refractivity contribution < 1.29 is 27.5 Å². The highest BCUT2D eigenvalue weighted by Gasteiger charge is 2.35. The second-order valence-electron chi connectivity index (χ2n) is 12.2. The summed E-state index contributed by atoms with van der Waals surface area (Å²) in [6, 6.07) is 25.8. The van der Waals surface area contributed by atoms with Gasteiger partial charge in [0.25, 0.3) is 10.0 Å². The third kappa shape index (κ3) is 8.74. The van der Waals surface area contributed by atoms with Crippen LogP contribution in [0, 0.1) is 20.8 Å². The molecule has 1 N–H and O–H groups in total. The molecule has 0 unspecified atom stereocenters. The van der Waals surface area contributed by atoms with E-state index in [2.05, 4.69) is 5.32 Å². The Kier molecular flexibility index (Phi) is 11.9. The predicted octanol–water partition coefficient (Wildman–Crippen LogP) is 5.99. The molecule has 0 aliphatic carbocycles. The minimum Gasteiger partial charge on any atom is -0.493 e. The number of hydrogen-bond donors (Lipinski definition) is 1. The Labute approximate surface area is 284 Å². The van der Waals surface area contributed by atoms with Gasteiger partial charge in [-0.05, 0) is 86.7 Å². The van der Waals surface area contributed by atoms with Gasteiger partial charge in [0.1, 0.15) is 12.6 Å². The topological polar surface area (TPSA) is 105 Å².